The third-order valence-electron chi connectivity index (χ3n) is 1.96. The number of alkyl halides is 1. The molecule has 1 atom stereocenters. The molecule has 1 aromatic heterocycles. The van der Waals surface area contributed by atoms with Gasteiger partial charge in [0.1, 0.15) is 0 Å². The van der Waals surface area contributed by atoms with Crippen molar-refractivity contribution in [3.8, 4) is 0 Å². The Balaban J connectivity index is 2.41. The minimum absolute atomic E-state index is 0.128. The molecule has 102 valence electrons. The van der Waals surface area contributed by atoms with E-state index < -0.39 is 24.9 Å². The SMILES string of the molecule is O=c1ccn(CCCO[C@@H](F)P(=O)(O)O)c(=O)[nH]1. The van der Waals surface area contributed by atoms with E-state index in [1.165, 1.54) is 6.20 Å². The molecule has 0 saturated carbocycles. The molecule has 3 N–H and O–H groups in total. The zero-order valence-electron chi connectivity index (χ0n) is 9.15. The molecule has 0 aliphatic heterocycles. The molecule has 0 radical (unpaired) electrons. The number of H-pyrrole nitrogens is 1. The molecule has 0 unspecified atom stereocenters. The van der Waals surface area contributed by atoms with Crippen molar-refractivity contribution >= 4 is 7.60 Å². The summed E-state index contributed by atoms with van der Waals surface area (Å²) in [6.07, 6.45) is -1.24. The highest BCUT2D eigenvalue weighted by Crippen LogP contribution is 2.42. The molecule has 0 fully saturated rings. The molecule has 1 aromatic rings. The lowest BCUT2D eigenvalue weighted by Crippen LogP contribution is -2.29. The van der Waals surface area contributed by atoms with Crippen molar-refractivity contribution in [1.29, 1.82) is 0 Å². The van der Waals surface area contributed by atoms with Crippen molar-refractivity contribution in [2.75, 3.05) is 6.61 Å². The summed E-state index contributed by atoms with van der Waals surface area (Å²) in [5.41, 5.74) is -1.15. The average Bonchev–Trinajstić information content (AvgIpc) is 2.25. The third kappa shape index (κ3) is 4.53. The van der Waals surface area contributed by atoms with E-state index in [-0.39, 0.29) is 19.6 Å². The van der Waals surface area contributed by atoms with Crippen LogP contribution in [-0.4, -0.2) is 32.0 Å². The van der Waals surface area contributed by atoms with Gasteiger partial charge in [0.15, 0.2) is 0 Å². The maximum Gasteiger partial charge on any atom is 0.386 e. The largest absolute Gasteiger partial charge is 0.386 e. The normalized spacial score (nSPS) is 13.5. The minimum atomic E-state index is -4.89. The molecule has 0 bridgehead atoms. The fourth-order valence-electron chi connectivity index (χ4n) is 1.13. The Morgan fingerprint density at radius 2 is 2.17 bits per heavy atom. The molecule has 0 aliphatic rings. The van der Waals surface area contributed by atoms with Crippen molar-refractivity contribution in [3.63, 3.8) is 0 Å². The Kier molecular flexibility index (Phi) is 4.97. The summed E-state index contributed by atoms with van der Waals surface area (Å²) in [4.78, 5) is 40.7. The van der Waals surface area contributed by atoms with Gasteiger partial charge in [-0.05, 0) is 6.42 Å². The molecule has 0 amide bonds. The van der Waals surface area contributed by atoms with Gasteiger partial charge in [-0.1, -0.05) is 0 Å². The van der Waals surface area contributed by atoms with Crippen molar-refractivity contribution in [1.82, 2.24) is 9.55 Å². The lowest BCUT2D eigenvalue weighted by molar-refractivity contribution is 0.000811. The number of hydrogen-bond donors (Lipinski definition) is 3. The van der Waals surface area contributed by atoms with E-state index >= 15 is 0 Å². The first kappa shape index (κ1) is 14.8. The van der Waals surface area contributed by atoms with Crippen LogP contribution in [-0.2, 0) is 15.8 Å². The Bertz CT molecular complexity index is 549. The Labute approximate surface area is 100 Å². The highest BCUT2D eigenvalue weighted by molar-refractivity contribution is 7.52. The van der Waals surface area contributed by atoms with Gasteiger partial charge in [0, 0.05) is 18.8 Å². The van der Waals surface area contributed by atoms with Crippen LogP contribution in [0.2, 0.25) is 0 Å². The van der Waals surface area contributed by atoms with E-state index in [4.69, 9.17) is 9.79 Å². The van der Waals surface area contributed by atoms with Gasteiger partial charge in [-0.15, -0.1) is 0 Å². The maximum absolute atomic E-state index is 12.7. The number of aromatic nitrogens is 2. The fourth-order valence-corrected chi connectivity index (χ4v) is 1.43. The predicted octanol–water partition coefficient (Wildman–Crippen LogP) is -0.626. The van der Waals surface area contributed by atoms with Gasteiger partial charge in [0.05, 0.1) is 6.61 Å². The number of aromatic amines is 1. The number of ether oxygens (including phenoxy) is 1. The number of hydrogen-bond acceptors (Lipinski definition) is 4. The van der Waals surface area contributed by atoms with Crippen LogP contribution in [0.4, 0.5) is 4.39 Å². The van der Waals surface area contributed by atoms with Crippen LogP contribution in [0.3, 0.4) is 0 Å². The van der Waals surface area contributed by atoms with Crippen LogP contribution in [0.1, 0.15) is 6.42 Å². The zero-order valence-corrected chi connectivity index (χ0v) is 10.0. The molecule has 1 rings (SSSR count). The highest BCUT2D eigenvalue weighted by Gasteiger charge is 2.28. The minimum Gasteiger partial charge on any atom is -0.339 e. The average molecular weight is 282 g/mol. The molecule has 0 aliphatic carbocycles. The van der Waals surface area contributed by atoms with Crippen molar-refractivity contribution in [3.05, 3.63) is 33.1 Å². The lowest BCUT2D eigenvalue weighted by atomic mass is 10.4. The third-order valence-corrected chi connectivity index (χ3v) is 2.64. The molecule has 10 heteroatoms. The topological polar surface area (TPSA) is 122 Å². The van der Waals surface area contributed by atoms with Gasteiger partial charge in [-0.3, -0.25) is 14.3 Å². The van der Waals surface area contributed by atoms with Gasteiger partial charge in [0.25, 0.3) is 5.56 Å². The van der Waals surface area contributed by atoms with Crippen LogP contribution in [0.5, 0.6) is 0 Å². The smallest absolute Gasteiger partial charge is 0.339 e. The van der Waals surface area contributed by atoms with Crippen LogP contribution in [0.15, 0.2) is 21.9 Å². The second kappa shape index (κ2) is 6.05. The zero-order chi connectivity index (χ0) is 13.8. The van der Waals surface area contributed by atoms with Gasteiger partial charge in [-0.25, -0.2) is 9.18 Å². The van der Waals surface area contributed by atoms with Gasteiger partial charge >= 0.3 is 19.4 Å². The monoisotopic (exact) mass is 282 g/mol. The van der Waals surface area contributed by atoms with Gasteiger partial charge in [-0.2, -0.15) is 0 Å². The van der Waals surface area contributed by atoms with Gasteiger partial charge < -0.3 is 19.1 Å². The molecule has 0 saturated heterocycles. The second-order valence-electron chi connectivity index (χ2n) is 3.41. The molecule has 18 heavy (non-hydrogen) atoms. The van der Waals surface area contributed by atoms with Crippen LogP contribution in [0.25, 0.3) is 0 Å². The van der Waals surface area contributed by atoms with Crippen LogP contribution >= 0.6 is 7.60 Å². The summed E-state index contributed by atoms with van der Waals surface area (Å²) in [6.45, 7) is -0.138. The number of halogens is 1. The summed E-state index contributed by atoms with van der Waals surface area (Å²) >= 11 is 0. The number of aryl methyl sites for hydroxylation is 1. The van der Waals surface area contributed by atoms with Crippen LogP contribution < -0.4 is 11.2 Å². The van der Waals surface area contributed by atoms with E-state index in [9.17, 15) is 18.5 Å². The first-order valence-electron chi connectivity index (χ1n) is 4.91. The molecular weight excluding hydrogens is 270 g/mol. The fraction of sp³-hybridized carbons (Fsp3) is 0.500. The summed E-state index contributed by atoms with van der Waals surface area (Å²) in [6, 6.07) is 1.15. The Morgan fingerprint density at radius 3 is 2.72 bits per heavy atom. The number of nitrogens with zero attached hydrogens (tertiary/aromatic N) is 1. The second-order valence-corrected chi connectivity index (χ2v) is 4.99. The van der Waals surface area contributed by atoms with Gasteiger partial charge in [0.2, 0.25) is 0 Å². The maximum atomic E-state index is 12.7. The highest BCUT2D eigenvalue weighted by atomic mass is 31.2. The first-order valence-corrected chi connectivity index (χ1v) is 6.59. The summed E-state index contributed by atoms with van der Waals surface area (Å²) < 4.78 is 28.5. The first-order chi connectivity index (χ1) is 8.30. The van der Waals surface area contributed by atoms with E-state index in [0.717, 1.165) is 10.6 Å². The van der Waals surface area contributed by atoms with E-state index in [1.54, 1.807) is 0 Å². The summed E-state index contributed by atoms with van der Waals surface area (Å²) in [7, 11) is -4.89. The number of rotatable bonds is 6. The Hall–Kier alpha value is -1.28. The van der Waals surface area contributed by atoms with Crippen LogP contribution in [0, 0.1) is 0 Å². The van der Waals surface area contributed by atoms with Crippen molar-refractivity contribution < 1.29 is 23.5 Å². The van der Waals surface area contributed by atoms with E-state index in [1.807, 2.05) is 4.98 Å². The van der Waals surface area contributed by atoms with Crippen molar-refractivity contribution in [2.24, 2.45) is 0 Å². The Morgan fingerprint density at radius 1 is 1.50 bits per heavy atom. The predicted molar refractivity (Wildman–Crippen MR) is 58.8 cm³/mol. The molecule has 0 aromatic carbocycles. The molecule has 8 nitrogen and oxygen atoms in total. The van der Waals surface area contributed by atoms with E-state index in [2.05, 4.69) is 4.74 Å². The molecule has 0 spiro atoms. The van der Waals surface area contributed by atoms with E-state index in [0.29, 0.717) is 0 Å². The standard InChI is InChI=1S/C8H12FN2O6P/c9-7(18(14,15)16)17-5-1-3-11-4-2-6(12)10-8(11)13/h2,4,7H,1,3,5H2,(H,10,12,13)(H2,14,15,16)/t7-/m1/s1. The lowest BCUT2D eigenvalue weighted by Gasteiger charge is -2.11. The molecular formula is C8H12FN2O6P. The number of nitrogens with one attached hydrogen (secondary N) is 1. The molecule has 1 heterocycles. The van der Waals surface area contributed by atoms with Crippen molar-refractivity contribution in [2.45, 2.75) is 19.1 Å². The summed E-state index contributed by atoms with van der Waals surface area (Å²) in [5, 5.41) is 0. The summed E-state index contributed by atoms with van der Waals surface area (Å²) in [5.74, 6) is 0. The quantitative estimate of drug-likeness (QED) is 0.472.